The molecular weight excluding hydrogens is 240 g/mol. The van der Waals surface area contributed by atoms with Crippen LogP contribution >= 0.6 is 11.8 Å². The predicted octanol–water partition coefficient (Wildman–Crippen LogP) is 4.02. The van der Waals surface area contributed by atoms with Gasteiger partial charge in [0.1, 0.15) is 0 Å². The van der Waals surface area contributed by atoms with Crippen LogP contribution in [0.3, 0.4) is 0 Å². The van der Waals surface area contributed by atoms with Gasteiger partial charge in [-0.1, -0.05) is 42.5 Å². The quantitative estimate of drug-likeness (QED) is 0.831. The lowest BCUT2D eigenvalue weighted by Gasteiger charge is -2.13. The van der Waals surface area contributed by atoms with Crippen LogP contribution in [0, 0.1) is 0 Å². The number of thioether (sulfide) groups is 1. The van der Waals surface area contributed by atoms with Crippen LogP contribution in [0.1, 0.15) is 23.7 Å². The van der Waals surface area contributed by atoms with Crippen LogP contribution in [0.2, 0.25) is 0 Å². The van der Waals surface area contributed by atoms with Crippen LogP contribution in [-0.2, 0) is 5.75 Å². The van der Waals surface area contributed by atoms with Crippen molar-refractivity contribution in [2.75, 3.05) is 5.75 Å². The van der Waals surface area contributed by atoms with Gasteiger partial charge in [0.25, 0.3) is 0 Å². The molecule has 2 aromatic carbocycles. The third-order valence-electron chi connectivity index (χ3n) is 3.41. The zero-order chi connectivity index (χ0) is 12.4. The summed E-state index contributed by atoms with van der Waals surface area (Å²) in [4.78, 5) is 0. The van der Waals surface area contributed by atoms with Crippen molar-refractivity contribution in [1.29, 1.82) is 0 Å². The highest BCUT2D eigenvalue weighted by atomic mass is 32.2. The van der Waals surface area contributed by atoms with Crippen molar-refractivity contribution in [2.45, 2.75) is 18.3 Å². The number of benzene rings is 2. The largest absolute Gasteiger partial charge is 0.388 e. The molecule has 0 saturated carbocycles. The Morgan fingerprint density at radius 2 is 1.83 bits per heavy atom. The molecule has 1 atom stereocenters. The Bertz CT molecular complexity index is 536. The topological polar surface area (TPSA) is 20.2 Å². The van der Waals surface area contributed by atoms with Gasteiger partial charge >= 0.3 is 0 Å². The molecular formula is C16H16OS. The molecule has 2 heteroatoms. The molecule has 2 aromatic rings. The van der Waals surface area contributed by atoms with E-state index in [0.717, 1.165) is 23.5 Å². The standard InChI is InChI=1S/C16H16OS/c17-16-8-9-18-11-14-7-6-13(10-15(14)16)12-4-2-1-3-5-12/h1-7,10,16-17H,8-9,11H2/t16-/m0/s1. The lowest BCUT2D eigenvalue weighted by atomic mass is 9.96. The Balaban J connectivity index is 2.04. The lowest BCUT2D eigenvalue weighted by Crippen LogP contribution is -1.99. The molecule has 0 amide bonds. The average Bonchev–Trinajstić information content (AvgIpc) is 2.62. The van der Waals surface area contributed by atoms with Gasteiger partial charge in [0, 0.05) is 5.75 Å². The van der Waals surface area contributed by atoms with Crippen molar-refractivity contribution in [3.8, 4) is 11.1 Å². The summed E-state index contributed by atoms with van der Waals surface area (Å²) in [6, 6.07) is 16.8. The van der Waals surface area contributed by atoms with Crippen LogP contribution in [0.4, 0.5) is 0 Å². The van der Waals surface area contributed by atoms with Crippen LogP contribution in [0.15, 0.2) is 48.5 Å². The van der Waals surface area contributed by atoms with Gasteiger partial charge in [-0.3, -0.25) is 0 Å². The Labute approximate surface area is 112 Å². The summed E-state index contributed by atoms with van der Waals surface area (Å²) in [6.07, 6.45) is 0.550. The van der Waals surface area contributed by atoms with E-state index in [1.165, 1.54) is 16.7 Å². The number of aliphatic hydroxyl groups excluding tert-OH is 1. The Morgan fingerprint density at radius 3 is 2.67 bits per heavy atom. The first-order valence-electron chi connectivity index (χ1n) is 6.28. The molecule has 0 aliphatic carbocycles. The highest BCUT2D eigenvalue weighted by Gasteiger charge is 2.17. The highest BCUT2D eigenvalue weighted by Crippen LogP contribution is 2.33. The number of rotatable bonds is 1. The smallest absolute Gasteiger partial charge is 0.0801 e. The summed E-state index contributed by atoms with van der Waals surface area (Å²) < 4.78 is 0. The molecule has 18 heavy (non-hydrogen) atoms. The molecule has 1 N–H and O–H groups in total. The van der Waals surface area contributed by atoms with E-state index in [1.54, 1.807) is 0 Å². The minimum atomic E-state index is -0.307. The van der Waals surface area contributed by atoms with Crippen LogP contribution in [0.5, 0.6) is 0 Å². The minimum absolute atomic E-state index is 0.307. The molecule has 92 valence electrons. The van der Waals surface area contributed by atoms with Crippen molar-refractivity contribution in [1.82, 2.24) is 0 Å². The van der Waals surface area contributed by atoms with Crippen molar-refractivity contribution in [3.05, 3.63) is 59.7 Å². The van der Waals surface area contributed by atoms with E-state index in [0.29, 0.717) is 0 Å². The molecule has 0 unspecified atom stereocenters. The van der Waals surface area contributed by atoms with Crippen LogP contribution in [-0.4, -0.2) is 10.9 Å². The zero-order valence-electron chi connectivity index (χ0n) is 10.2. The second-order valence-corrected chi connectivity index (χ2v) is 5.74. The van der Waals surface area contributed by atoms with Crippen molar-refractivity contribution < 1.29 is 5.11 Å². The number of fused-ring (bicyclic) bond motifs is 1. The maximum atomic E-state index is 10.2. The number of hydrogen-bond acceptors (Lipinski definition) is 2. The summed E-state index contributed by atoms with van der Waals surface area (Å²) >= 11 is 1.90. The summed E-state index contributed by atoms with van der Waals surface area (Å²) in [7, 11) is 0. The second kappa shape index (κ2) is 5.17. The fourth-order valence-corrected chi connectivity index (χ4v) is 3.40. The molecule has 0 radical (unpaired) electrons. The molecule has 0 saturated heterocycles. The summed E-state index contributed by atoms with van der Waals surface area (Å²) in [5.41, 5.74) is 4.80. The maximum Gasteiger partial charge on any atom is 0.0801 e. The van der Waals surface area contributed by atoms with E-state index in [1.807, 2.05) is 30.0 Å². The second-order valence-electron chi connectivity index (χ2n) is 4.64. The monoisotopic (exact) mass is 256 g/mol. The van der Waals surface area contributed by atoms with Crippen LogP contribution < -0.4 is 0 Å². The lowest BCUT2D eigenvalue weighted by molar-refractivity contribution is 0.175. The molecule has 0 bridgehead atoms. The number of aliphatic hydroxyl groups is 1. The highest BCUT2D eigenvalue weighted by molar-refractivity contribution is 7.98. The fourth-order valence-electron chi connectivity index (χ4n) is 2.38. The van der Waals surface area contributed by atoms with Gasteiger partial charge in [-0.15, -0.1) is 0 Å². The van der Waals surface area contributed by atoms with E-state index in [4.69, 9.17) is 0 Å². The van der Waals surface area contributed by atoms with Gasteiger partial charge in [-0.25, -0.2) is 0 Å². The van der Waals surface area contributed by atoms with Gasteiger partial charge in [0.15, 0.2) is 0 Å². The summed E-state index contributed by atoms with van der Waals surface area (Å²) in [6.45, 7) is 0. The molecule has 1 heterocycles. The van der Waals surface area contributed by atoms with E-state index in [-0.39, 0.29) is 6.10 Å². The van der Waals surface area contributed by atoms with Gasteiger partial charge in [-0.05, 0) is 40.5 Å². The van der Waals surface area contributed by atoms with E-state index >= 15 is 0 Å². The van der Waals surface area contributed by atoms with Gasteiger partial charge in [0.2, 0.25) is 0 Å². The molecule has 0 spiro atoms. The Kier molecular flexibility index (Phi) is 3.39. The van der Waals surface area contributed by atoms with Gasteiger partial charge in [0.05, 0.1) is 6.10 Å². The molecule has 1 aliphatic heterocycles. The molecule has 1 nitrogen and oxygen atoms in total. The first kappa shape index (κ1) is 11.8. The Morgan fingerprint density at radius 1 is 1.00 bits per heavy atom. The van der Waals surface area contributed by atoms with Gasteiger partial charge in [-0.2, -0.15) is 11.8 Å². The minimum Gasteiger partial charge on any atom is -0.388 e. The normalized spacial score (nSPS) is 19.1. The molecule has 3 rings (SSSR count). The SMILES string of the molecule is O[C@H]1CCSCc2ccc(-c3ccccc3)cc21. The number of hydrogen-bond donors (Lipinski definition) is 1. The van der Waals surface area contributed by atoms with E-state index < -0.39 is 0 Å². The van der Waals surface area contributed by atoms with Gasteiger partial charge < -0.3 is 5.11 Å². The first-order valence-corrected chi connectivity index (χ1v) is 7.44. The third-order valence-corrected chi connectivity index (χ3v) is 4.44. The van der Waals surface area contributed by atoms with E-state index in [9.17, 15) is 5.11 Å². The Hall–Kier alpha value is -1.25. The zero-order valence-corrected chi connectivity index (χ0v) is 11.0. The maximum absolute atomic E-state index is 10.2. The summed E-state index contributed by atoms with van der Waals surface area (Å²) in [5, 5.41) is 10.2. The third kappa shape index (κ3) is 2.31. The first-order chi connectivity index (χ1) is 8.84. The van der Waals surface area contributed by atoms with Crippen LogP contribution in [0.25, 0.3) is 11.1 Å². The van der Waals surface area contributed by atoms with Crippen molar-refractivity contribution in [3.63, 3.8) is 0 Å². The molecule has 1 aliphatic rings. The summed E-state index contributed by atoms with van der Waals surface area (Å²) in [5.74, 6) is 2.05. The predicted molar refractivity (Wildman–Crippen MR) is 77.6 cm³/mol. The fraction of sp³-hybridized carbons (Fsp3) is 0.250. The van der Waals surface area contributed by atoms with Crippen molar-refractivity contribution in [2.24, 2.45) is 0 Å². The average molecular weight is 256 g/mol. The van der Waals surface area contributed by atoms with Crippen molar-refractivity contribution >= 4 is 11.8 Å². The van der Waals surface area contributed by atoms with E-state index in [2.05, 4.69) is 30.3 Å². The molecule has 0 aromatic heterocycles. The molecule has 0 fully saturated rings.